The van der Waals surface area contributed by atoms with Crippen LogP contribution < -0.4 is 4.74 Å². The van der Waals surface area contributed by atoms with Crippen LogP contribution in [0.5, 0.6) is 5.75 Å². The average molecular weight is 298 g/mol. The van der Waals surface area contributed by atoms with Crippen molar-refractivity contribution in [1.82, 2.24) is 0 Å². The molecule has 0 saturated carbocycles. The summed E-state index contributed by atoms with van der Waals surface area (Å²) < 4.78 is 5.77. The van der Waals surface area contributed by atoms with Gasteiger partial charge < -0.3 is 9.84 Å². The second-order valence-corrected chi connectivity index (χ2v) is 5.86. The minimum Gasteiger partial charge on any atom is -0.478 e. The lowest BCUT2D eigenvalue weighted by atomic mass is 10.00. The maximum atomic E-state index is 11.6. The van der Waals surface area contributed by atoms with Crippen LogP contribution in [0.2, 0.25) is 0 Å². The number of carboxylic acids is 1. The number of carbonyl (C=O) groups is 1. The highest BCUT2D eigenvalue weighted by atomic mass is 16.5. The largest absolute Gasteiger partial charge is 0.478 e. The summed E-state index contributed by atoms with van der Waals surface area (Å²) in [6.45, 7) is 8.13. The van der Waals surface area contributed by atoms with Crippen LogP contribution in [-0.4, -0.2) is 11.1 Å². The Morgan fingerprint density at radius 3 is 2.14 bits per heavy atom. The summed E-state index contributed by atoms with van der Waals surface area (Å²) in [5, 5.41) is 9.50. The topological polar surface area (TPSA) is 46.5 Å². The number of carboxylic acid groups (broad SMARTS) is 1. The van der Waals surface area contributed by atoms with Gasteiger partial charge in [-0.05, 0) is 42.5 Å². The van der Waals surface area contributed by atoms with Gasteiger partial charge in [0.25, 0.3) is 0 Å². The summed E-state index contributed by atoms with van der Waals surface area (Å²) in [5.41, 5.74) is 3.88. The summed E-state index contributed by atoms with van der Waals surface area (Å²) >= 11 is 0. The van der Waals surface area contributed by atoms with E-state index in [1.807, 2.05) is 50.2 Å². The molecule has 0 fully saturated rings. The molecule has 22 heavy (non-hydrogen) atoms. The van der Waals surface area contributed by atoms with Gasteiger partial charge in [0.15, 0.2) is 0 Å². The third kappa shape index (κ3) is 3.48. The minimum atomic E-state index is -0.998. The van der Waals surface area contributed by atoms with Crippen molar-refractivity contribution in [2.75, 3.05) is 0 Å². The van der Waals surface area contributed by atoms with E-state index in [2.05, 4.69) is 13.8 Å². The van der Waals surface area contributed by atoms with E-state index in [9.17, 15) is 9.90 Å². The number of aryl methyl sites for hydroxylation is 1. The highest BCUT2D eigenvalue weighted by Crippen LogP contribution is 2.28. The molecule has 0 aromatic heterocycles. The molecule has 1 atom stereocenters. The van der Waals surface area contributed by atoms with Crippen LogP contribution in [0.25, 0.3) is 0 Å². The quantitative estimate of drug-likeness (QED) is 0.875. The molecule has 116 valence electrons. The highest BCUT2D eigenvalue weighted by molar-refractivity contribution is 5.75. The number of ether oxygens (including phenoxy) is 1. The van der Waals surface area contributed by atoms with Crippen molar-refractivity contribution >= 4 is 5.97 Å². The van der Waals surface area contributed by atoms with E-state index in [4.69, 9.17) is 4.74 Å². The Balaban J connectivity index is 2.30. The van der Waals surface area contributed by atoms with E-state index >= 15 is 0 Å². The van der Waals surface area contributed by atoms with Crippen molar-refractivity contribution in [3.63, 3.8) is 0 Å². The van der Waals surface area contributed by atoms with Crippen LogP contribution in [0.15, 0.2) is 42.5 Å². The van der Waals surface area contributed by atoms with E-state index in [-0.39, 0.29) is 0 Å². The van der Waals surface area contributed by atoms with Crippen LogP contribution in [0, 0.1) is 13.8 Å². The van der Waals surface area contributed by atoms with E-state index < -0.39 is 12.1 Å². The van der Waals surface area contributed by atoms with Crippen molar-refractivity contribution in [2.24, 2.45) is 0 Å². The normalized spacial score (nSPS) is 12.2. The summed E-state index contributed by atoms with van der Waals surface area (Å²) in [5.74, 6) is 0.0378. The van der Waals surface area contributed by atoms with Gasteiger partial charge in [0, 0.05) is 5.56 Å². The molecule has 2 aromatic rings. The molecule has 0 heterocycles. The van der Waals surface area contributed by atoms with E-state index in [1.165, 1.54) is 5.56 Å². The third-order valence-electron chi connectivity index (χ3n) is 3.93. The molecule has 2 aromatic carbocycles. The molecule has 0 unspecified atom stereocenters. The van der Waals surface area contributed by atoms with Crippen LogP contribution in [-0.2, 0) is 4.79 Å². The second kappa shape index (κ2) is 6.65. The lowest BCUT2D eigenvalue weighted by Crippen LogP contribution is -2.18. The van der Waals surface area contributed by atoms with Crippen LogP contribution >= 0.6 is 0 Å². The van der Waals surface area contributed by atoms with Gasteiger partial charge >= 0.3 is 5.97 Å². The molecule has 0 spiro atoms. The first kappa shape index (κ1) is 16.1. The first-order valence-electron chi connectivity index (χ1n) is 7.45. The predicted molar refractivity (Wildman–Crippen MR) is 87.5 cm³/mol. The van der Waals surface area contributed by atoms with E-state index in [1.54, 1.807) is 6.07 Å². The van der Waals surface area contributed by atoms with E-state index in [0.717, 1.165) is 11.1 Å². The van der Waals surface area contributed by atoms with Crippen molar-refractivity contribution in [2.45, 2.75) is 39.7 Å². The summed E-state index contributed by atoms with van der Waals surface area (Å²) in [6, 6.07) is 13.2. The zero-order valence-electron chi connectivity index (χ0n) is 13.5. The third-order valence-corrected chi connectivity index (χ3v) is 3.93. The van der Waals surface area contributed by atoms with Crippen molar-refractivity contribution in [3.05, 3.63) is 64.7 Å². The maximum Gasteiger partial charge on any atom is 0.349 e. The number of rotatable bonds is 5. The fourth-order valence-electron chi connectivity index (χ4n) is 2.30. The van der Waals surface area contributed by atoms with Crippen LogP contribution in [0.3, 0.4) is 0 Å². The van der Waals surface area contributed by atoms with Crippen molar-refractivity contribution < 1.29 is 14.6 Å². The van der Waals surface area contributed by atoms with Crippen LogP contribution in [0.4, 0.5) is 0 Å². The molecule has 0 radical (unpaired) electrons. The molecule has 0 bridgehead atoms. The smallest absolute Gasteiger partial charge is 0.349 e. The number of benzene rings is 2. The van der Waals surface area contributed by atoms with Crippen LogP contribution in [0.1, 0.15) is 48.1 Å². The molecule has 1 N–H and O–H groups in total. The first-order chi connectivity index (χ1) is 10.4. The number of aliphatic carboxylic acids is 1. The van der Waals surface area contributed by atoms with Crippen molar-refractivity contribution in [1.29, 1.82) is 0 Å². The lowest BCUT2D eigenvalue weighted by molar-refractivity contribution is -0.145. The van der Waals surface area contributed by atoms with Gasteiger partial charge in [-0.25, -0.2) is 4.79 Å². The SMILES string of the molecule is Cc1cccc(O[C@H](C(=O)O)c2ccc(C(C)C)cc2)c1C. The van der Waals surface area contributed by atoms with E-state index in [0.29, 0.717) is 17.2 Å². The number of hydrogen-bond donors (Lipinski definition) is 1. The summed E-state index contributed by atoms with van der Waals surface area (Å²) in [7, 11) is 0. The van der Waals surface area contributed by atoms with Gasteiger partial charge in [0.2, 0.25) is 6.10 Å². The Morgan fingerprint density at radius 1 is 1.00 bits per heavy atom. The molecule has 3 nitrogen and oxygen atoms in total. The first-order valence-corrected chi connectivity index (χ1v) is 7.45. The molecular weight excluding hydrogens is 276 g/mol. The Morgan fingerprint density at radius 2 is 1.59 bits per heavy atom. The average Bonchev–Trinajstić information content (AvgIpc) is 2.48. The van der Waals surface area contributed by atoms with Gasteiger partial charge in [-0.3, -0.25) is 0 Å². The molecule has 0 amide bonds. The van der Waals surface area contributed by atoms with Gasteiger partial charge in [0.1, 0.15) is 5.75 Å². The Hall–Kier alpha value is -2.29. The Bertz CT molecular complexity index is 657. The molecule has 0 aliphatic heterocycles. The standard InChI is InChI=1S/C19H22O3/c1-12(2)15-8-10-16(11-9-15)18(19(20)21)22-17-7-5-6-13(3)14(17)4/h5-12,18H,1-4H3,(H,20,21)/t18-/m0/s1. The second-order valence-electron chi connectivity index (χ2n) is 5.86. The minimum absolute atomic E-state index is 0.414. The molecular formula is C19H22O3. The molecule has 2 rings (SSSR count). The van der Waals surface area contributed by atoms with Crippen molar-refractivity contribution in [3.8, 4) is 5.75 Å². The van der Waals surface area contributed by atoms with Gasteiger partial charge in [-0.2, -0.15) is 0 Å². The zero-order valence-corrected chi connectivity index (χ0v) is 13.5. The molecule has 3 heteroatoms. The number of hydrogen-bond acceptors (Lipinski definition) is 2. The molecule has 0 aliphatic rings. The maximum absolute atomic E-state index is 11.6. The fourth-order valence-corrected chi connectivity index (χ4v) is 2.30. The highest BCUT2D eigenvalue weighted by Gasteiger charge is 2.23. The predicted octanol–water partition coefficient (Wildman–Crippen LogP) is 4.63. The Kier molecular flexibility index (Phi) is 4.86. The van der Waals surface area contributed by atoms with Gasteiger partial charge in [0.05, 0.1) is 0 Å². The summed E-state index contributed by atoms with van der Waals surface area (Å²) in [4.78, 5) is 11.6. The van der Waals surface area contributed by atoms with Gasteiger partial charge in [-0.1, -0.05) is 50.2 Å². The van der Waals surface area contributed by atoms with Gasteiger partial charge in [-0.15, -0.1) is 0 Å². The Labute approximate surface area is 131 Å². The fraction of sp³-hybridized carbons (Fsp3) is 0.316. The lowest BCUT2D eigenvalue weighted by Gasteiger charge is -2.18. The monoisotopic (exact) mass is 298 g/mol. The summed E-state index contributed by atoms with van der Waals surface area (Å²) in [6.07, 6.45) is -0.998. The molecule has 0 aliphatic carbocycles. The molecule has 0 saturated heterocycles. The zero-order chi connectivity index (χ0) is 16.3.